The van der Waals surface area contributed by atoms with Gasteiger partial charge in [-0.15, -0.1) is 0 Å². The SMILES string of the molecule is COCCCOc1cc(N(C(=O)[C@@H]2C[C@H](C(=O)OC)CN(C(=O)OC(C)(C)C)C2)C2CC2)ccc1C. The summed E-state index contributed by atoms with van der Waals surface area (Å²) in [6, 6.07) is 5.88. The first kappa shape index (κ1) is 27.8. The molecule has 9 heteroatoms. The van der Waals surface area contributed by atoms with E-state index in [9.17, 15) is 14.4 Å². The van der Waals surface area contributed by atoms with Gasteiger partial charge in [0, 0.05) is 51.0 Å². The van der Waals surface area contributed by atoms with Gasteiger partial charge in [-0.25, -0.2) is 4.79 Å². The zero-order chi connectivity index (χ0) is 26.5. The number of anilines is 1. The largest absolute Gasteiger partial charge is 0.493 e. The van der Waals surface area contributed by atoms with Gasteiger partial charge in [0.05, 0.1) is 25.6 Å². The van der Waals surface area contributed by atoms with Crippen LogP contribution in [-0.4, -0.2) is 75.0 Å². The Hall–Kier alpha value is -2.81. The van der Waals surface area contributed by atoms with Crippen molar-refractivity contribution in [3.05, 3.63) is 23.8 Å². The Bertz CT molecular complexity index is 939. The molecule has 200 valence electrons. The van der Waals surface area contributed by atoms with Gasteiger partial charge in [-0.05, 0) is 58.6 Å². The van der Waals surface area contributed by atoms with Crippen LogP contribution in [0.1, 0.15) is 52.0 Å². The summed E-state index contributed by atoms with van der Waals surface area (Å²) in [5.74, 6) is -0.948. The number of benzene rings is 1. The van der Waals surface area contributed by atoms with Crippen LogP contribution < -0.4 is 9.64 Å². The molecule has 2 atom stereocenters. The van der Waals surface area contributed by atoms with Gasteiger partial charge in [0.2, 0.25) is 5.91 Å². The first-order valence-corrected chi connectivity index (χ1v) is 12.6. The van der Waals surface area contributed by atoms with E-state index in [1.54, 1.807) is 27.9 Å². The Morgan fingerprint density at radius 1 is 1.06 bits per heavy atom. The number of likely N-dealkylation sites (tertiary alicyclic amines) is 1. The quantitative estimate of drug-likeness (QED) is 0.371. The summed E-state index contributed by atoms with van der Waals surface area (Å²) in [5, 5.41) is 0. The second-order valence-corrected chi connectivity index (χ2v) is 10.6. The average Bonchev–Trinajstić information content (AvgIpc) is 3.66. The average molecular weight is 505 g/mol. The lowest BCUT2D eigenvalue weighted by Crippen LogP contribution is -2.52. The highest BCUT2D eigenvalue weighted by Gasteiger charge is 2.43. The van der Waals surface area contributed by atoms with Gasteiger partial charge in [0.1, 0.15) is 11.4 Å². The lowest BCUT2D eigenvalue weighted by Gasteiger charge is -2.38. The van der Waals surface area contributed by atoms with Gasteiger partial charge >= 0.3 is 12.1 Å². The number of carbonyl (C=O) groups is 3. The van der Waals surface area contributed by atoms with Crippen molar-refractivity contribution < 1.29 is 33.3 Å². The van der Waals surface area contributed by atoms with E-state index in [1.807, 2.05) is 30.0 Å². The Morgan fingerprint density at radius 2 is 1.75 bits per heavy atom. The number of rotatable bonds is 9. The number of nitrogens with zero attached hydrogens (tertiary/aromatic N) is 2. The predicted octanol–water partition coefficient (Wildman–Crippen LogP) is 3.95. The normalized spacial score (nSPS) is 20.0. The van der Waals surface area contributed by atoms with Crippen LogP contribution >= 0.6 is 0 Å². The molecule has 2 amide bonds. The zero-order valence-electron chi connectivity index (χ0n) is 22.4. The minimum absolute atomic E-state index is 0.0926. The third kappa shape index (κ3) is 7.35. The molecule has 3 rings (SSSR count). The topological polar surface area (TPSA) is 94.6 Å². The maximum Gasteiger partial charge on any atom is 0.410 e. The number of methoxy groups -OCH3 is 2. The van der Waals surface area contributed by atoms with E-state index in [4.69, 9.17) is 18.9 Å². The highest BCUT2D eigenvalue weighted by atomic mass is 16.6. The predicted molar refractivity (Wildman–Crippen MR) is 135 cm³/mol. The number of hydrogen-bond donors (Lipinski definition) is 0. The van der Waals surface area contributed by atoms with Crippen molar-refractivity contribution in [1.82, 2.24) is 4.90 Å². The first-order valence-electron chi connectivity index (χ1n) is 12.6. The third-order valence-electron chi connectivity index (χ3n) is 6.34. The number of hydrogen-bond acceptors (Lipinski definition) is 7. The molecule has 1 aliphatic heterocycles. The fourth-order valence-electron chi connectivity index (χ4n) is 4.42. The summed E-state index contributed by atoms with van der Waals surface area (Å²) in [5.41, 5.74) is 1.06. The molecule has 0 unspecified atom stereocenters. The second kappa shape index (κ2) is 12.0. The number of amides is 2. The fourth-order valence-corrected chi connectivity index (χ4v) is 4.42. The number of esters is 1. The molecule has 2 fully saturated rings. The highest BCUT2D eigenvalue weighted by Crippen LogP contribution is 2.37. The van der Waals surface area contributed by atoms with Crippen molar-refractivity contribution in [2.45, 2.75) is 65.0 Å². The van der Waals surface area contributed by atoms with Gasteiger partial charge in [-0.2, -0.15) is 0 Å². The zero-order valence-corrected chi connectivity index (χ0v) is 22.4. The van der Waals surface area contributed by atoms with E-state index >= 15 is 0 Å². The standard InChI is InChI=1S/C27H40N2O7/c1-18-8-9-22(15-23(18)35-13-7-12-33-5)29(21-10-11-21)24(30)19-14-20(25(31)34-6)17-28(16-19)26(32)36-27(2,3)4/h8-9,15,19-21H,7,10-14,16-17H2,1-6H3/t19-,20+/m1/s1. The summed E-state index contributed by atoms with van der Waals surface area (Å²) in [6.45, 7) is 8.82. The number of ether oxygens (including phenoxy) is 4. The Kier molecular flexibility index (Phi) is 9.22. The smallest absolute Gasteiger partial charge is 0.410 e. The summed E-state index contributed by atoms with van der Waals surface area (Å²) in [6.07, 6.45) is 2.37. The first-order chi connectivity index (χ1) is 17.0. The fraction of sp³-hybridized carbons (Fsp3) is 0.667. The van der Waals surface area contributed by atoms with Crippen molar-refractivity contribution >= 4 is 23.7 Å². The molecule has 0 aromatic heterocycles. The third-order valence-corrected chi connectivity index (χ3v) is 6.34. The maximum atomic E-state index is 13.9. The van der Waals surface area contributed by atoms with Crippen LogP contribution in [0.3, 0.4) is 0 Å². The van der Waals surface area contributed by atoms with Crippen molar-refractivity contribution in [3.63, 3.8) is 0 Å². The van der Waals surface area contributed by atoms with Crippen molar-refractivity contribution in [3.8, 4) is 5.75 Å². The molecule has 0 radical (unpaired) electrons. The van der Waals surface area contributed by atoms with Gasteiger partial charge < -0.3 is 28.7 Å². The van der Waals surface area contributed by atoms with Crippen LogP contribution in [0.15, 0.2) is 18.2 Å². The second-order valence-electron chi connectivity index (χ2n) is 10.6. The van der Waals surface area contributed by atoms with Crippen LogP contribution in [0, 0.1) is 18.8 Å². The van der Waals surface area contributed by atoms with Crippen molar-refractivity contribution in [2.75, 3.05) is 45.4 Å². The van der Waals surface area contributed by atoms with Crippen LogP contribution in [0.2, 0.25) is 0 Å². The van der Waals surface area contributed by atoms with Gasteiger partial charge in [-0.3, -0.25) is 9.59 Å². The minimum Gasteiger partial charge on any atom is -0.493 e. The van der Waals surface area contributed by atoms with Gasteiger partial charge in [0.15, 0.2) is 0 Å². The van der Waals surface area contributed by atoms with Gasteiger partial charge in [-0.1, -0.05) is 6.07 Å². The molecule has 1 aromatic carbocycles. The molecule has 0 spiro atoms. The van der Waals surface area contributed by atoms with Crippen molar-refractivity contribution in [1.29, 1.82) is 0 Å². The molecular formula is C27H40N2O7. The van der Waals surface area contributed by atoms with E-state index in [0.29, 0.717) is 19.6 Å². The number of aryl methyl sites for hydroxylation is 1. The summed E-state index contributed by atoms with van der Waals surface area (Å²) in [7, 11) is 2.98. The van der Waals surface area contributed by atoms with Gasteiger partial charge in [0.25, 0.3) is 0 Å². The summed E-state index contributed by atoms with van der Waals surface area (Å²) in [4.78, 5) is 42.5. The molecule has 2 aliphatic rings. The number of piperidine rings is 1. The molecule has 0 bridgehead atoms. The minimum atomic E-state index is -0.684. The van der Waals surface area contributed by atoms with E-state index in [2.05, 4.69) is 0 Å². The van der Waals surface area contributed by atoms with Crippen LogP contribution in [0.25, 0.3) is 0 Å². The highest BCUT2D eigenvalue weighted by molar-refractivity contribution is 5.97. The van der Waals surface area contributed by atoms with E-state index in [0.717, 1.165) is 36.3 Å². The molecule has 9 nitrogen and oxygen atoms in total. The molecule has 1 heterocycles. The Balaban J connectivity index is 1.83. The van der Waals surface area contributed by atoms with Crippen LogP contribution in [0.4, 0.5) is 10.5 Å². The molecule has 1 saturated heterocycles. The lowest BCUT2D eigenvalue weighted by molar-refractivity contribution is -0.148. The molecule has 0 N–H and O–H groups in total. The van der Waals surface area contributed by atoms with Crippen LogP contribution in [-0.2, 0) is 23.8 Å². The molecular weight excluding hydrogens is 464 g/mol. The summed E-state index contributed by atoms with van der Waals surface area (Å²) < 4.78 is 21.6. The maximum absolute atomic E-state index is 13.9. The van der Waals surface area contributed by atoms with Crippen LogP contribution in [0.5, 0.6) is 5.75 Å². The van der Waals surface area contributed by atoms with E-state index < -0.39 is 29.5 Å². The molecule has 1 aliphatic carbocycles. The molecule has 1 saturated carbocycles. The summed E-state index contributed by atoms with van der Waals surface area (Å²) >= 11 is 0. The Morgan fingerprint density at radius 3 is 2.36 bits per heavy atom. The number of carbonyl (C=O) groups excluding carboxylic acids is 3. The van der Waals surface area contributed by atoms with E-state index in [-0.39, 0.29) is 25.0 Å². The van der Waals surface area contributed by atoms with Crippen molar-refractivity contribution in [2.24, 2.45) is 11.8 Å². The lowest BCUT2D eigenvalue weighted by atomic mass is 9.88. The Labute approximate surface area is 214 Å². The monoisotopic (exact) mass is 504 g/mol. The molecule has 1 aromatic rings. The molecule has 36 heavy (non-hydrogen) atoms. The van der Waals surface area contributed by atoms with E-state index in [1.165, 1.54) is 12.0 Å².